The molecular weight excluding hydrogens is 150 g/mol. The van der Waals surface area contributed by atoms with Gasteiger partial charge in [0.25, 0.3) is 0 Å². The van der Waals surface area contributed by atoms with E-state index in [4.69, 9.17) is 10.5 Å². The maximum absolute atomic E-state index is 5.81. The highest BCUT2D eigenvalue weighted by atomic mass is 16.5. The fourth-order valence-electron chi connectivity index (χ4n) is 2.25. The van der Waals surface area contributed by atoms with Gasteiger partial charge in [-0.25, -0.2) is 0 Å². The first-order chi connectivity index (χ1) is 5.75. The standard InChI is InChI=1S/C10H21NO/c1-3-12-10(8-11)7-5-4-6-9(10)2/h9H,3-8,11H2,1-2H3. The molecule has 1 rings (SSSR count). The van der Waals surface area contributed by atoms with E-state index in [0.29, 0.717) is 12.5 Å². The summed E-state index contributed by atoms with van der Waals surface area (Å²) in [7, 11) is 0. The molecule has 1 fully saturated rings. The number of rotatable bonds is 3. The summed E-state index contributed by atoms with van der Waals surface area (Å²) in [6.07, 6.45) is 5.05. The van der Waals surface area contributed by atoms with Crippen LogP contribution < -0.4 is 5.73 Å². The van der Waals surface area contributed by atoms with Gasteiger partial charge in [0.2, 0.25) is 0 Å². The Morgan fingerprint density at radius 3 is 2.75 bits per heavy atom. The van der Waals surface area contributed by atoms with Gasteiger partial charge in [-0.3, -0.25) is 0 Å². The zero-order valence-corrected chi connectivity index (χ0v) is 8.31. The molecule has 0 heterocycles. The van der Waals surface area contributed by atoms with E-state index in [1.54, 1.807) is 0 Å². The second kappa shape index (κ2) is 4.24. The van der Waals surface area contributed by atoms with Gasteiger partial charge >= 0.3 is 0 Å². The van der Waals surface area contributed by atoms with Crippen molar-refractivity contribution < 1.29 is 4.74 Å². The highest BCUT2D eigenvalue weighted by Gasteiger charge is 2.37. The summed E-state index contributed by atoms with van der Waals surface area (Å²) in [5, 5.41) is 0. The highest BCUT2D eigenvalue weighted by molar-refractivity contribution is 4.90. The lowest BCUT2D eigenvalue weighted by molar-refractivity contribution is -0.0917. The topological polar surface area (TPSA) is 35.2 Å². The Kier molecular flexibility index (Phi) is 3.53. The molecule has 2 heteroatoms. The van der Waals surface area contributed by atoms with Crippen molar-refractivity contribution in [1.82, 2.24) is 0 Å². The van der Waals surface area contributed by atoms with Crippen molar-refractivity contribution in [3.63, 3.8) is 0 Å². The third-order valence-electron chi connectivity index (χ3n) is 3.16. The summed E-state index contributed by atoms with van der Waals surface area (Å²) >= 11 is 0. The smallest absolute Gasteiger partial charge is 0.0829 e. The third kappa shape index (κ3) is 1.80. The Morgan fingerprint density at radius 2 is 2.25 bits per heavy atom. The molecule has 2 atom stereocenters. The minimum absolute atomic E-state index is 0.00694. The van der Waals surface area contributed by atoms with Crippen LogP contribution in [0.2, 0.25) is 0 Å². The molecule has 0 saturated heterocycles. The number of hydrogen-bond donors (Lipinski definition) is 1. The Labute approximate surface area is 75.5 Å². The van der Waals surface area contributed by atoms with Gasteiger partial charge in [-0.1, -0.05) is 19.8 Å². The highest BCUT2D eigenvalue weighted by Crippen LogP contribution is 2.35. The molecule has 2 nitrogen and oxygen atoms in total. The van der Waals surface area contributed by atoms with Crippen molar-refractivity contribution in [1.29, 1.82) is 0 Å². The van der Waals surface area contributed by atoms with Gasteiger partial charge in [-0.15, -0.1) is 0 Å². The van der Waals surface area contributed by atoms with Crippen LogP contribution in [-0.4, -0.2) is 18.8 Å². The summed E-state index contributed by atoms with van der Waals surface area (Å²) in [6, 6.07) is 0. The minimum Gasteiger partial charge on any atom is -0.374 e. The van der Waals surface area contributed by atoms with E-state index in [1.165, 1.54) is 19.3 Å². The monoisotopic (exact) mass is 171 g/mol. The Bertz CT molecular complexity index is 134. The number of hydrogen-bond acceptors (Lipinski definition) is 2. The molecule has 72 valence electrons. The van der Waals surface area contributed by atoms with Crippen LogP contribution in [0.25, 0.3) is 0 Å². The number of ether oxygens (including phenoxy) is 1. The summed E-state index contributed by atoms with van der Waals surface area (Å²) in [5.41, 5.74) is 5.80. The van der Waals surface area contributed by atoms with Crippen LogP contribution in [-0.2, 0) is 4.74 Å². The summed E-state index contributed by atoms with van der Waals surface area (Å²) < 4.78 is 5.81. The van der Waals surface area contributed by atoms with Crippen LogP contribution in [0, 0.1) is 5.92 Å². The molecule has 0 aromatic rings. The van der Waals surface area contributed by atoms with Crippen molar-refractivity contribution >= 4 is 0 Å². The molecule has 0 spiro atoms. The summed E-state index contributed by atoms with van der Waals surface area (Å²) in [6.45, 7) is 5.80. The third-order valence-corrected chi connectivity index (χ3v) is 3.16. The van der Waals surface area contributed by atoms with Gasteiger partial charge in [0.15, 0.2) is 0 Å². The zero-order valence-electron chi connectivity index (χ0n) is 8.31. The molecule has 1 saturated carbocycles. The van der Waals surface area contributed by atoms with Gasteiger partial charge in [0.05, 0.1) is 5.60 Å². The molecule has 1 aliphatic rings. The maximum Gasteiger partial charge on any atom is 0.0829 e. The minimum atomic E-state index is 0.00694. The molecule has 0 amide bonds. The molecule has 0 bridgehead atoms. The van der Waals surface area contributed by atoms with E-state index in [-0.39, 0.29) is 5.60 Å². The van der Waals surface area contributed by atoms with Crippen molar-refractivity contribution in [2.75, 3.05) is 13.2 Å². The molecule has 2 unspecified atom stereocenters. The molecule has 0 aromatic carbocycles. The average Bonchev–Trinajstić information content (AvgIpc) is 2.10. The largest absolute Gasteiger partial charge is 0.374 e. The summed E-state index contributed by atoms with van der Waals surface area (Å²) in [5.74, 6) is 0.635. The van der Waals surface area contributed by atoms with E-state index in [2.05, 4.69) is 13.8 Å². The quantitative estimate of drug-likeness (QED) is 0.704. The average molecular weight is 171 g/mol. The molecule has 0 radical (unpaired) electrons. The molecule has 12 heavy (non-hydrogen) atoms. The van der Waals surface area contributed by atoms with E-state index < -0.39 is 0 Å². The van der Waals surface area contributed by atoms with Crippen LogP contribution in [0.1, 0.15) is 39.5 Å². The fraction of sp³-hybridized carbons (Fsp3) is 1.00. The normalized spacial score (nSPS) is 36.8. The van der Waals surface area contributed by atoms with E-state index in [0.717, 1.165) is 13.0 Å². The predicted molar refractivity (Wildman–Crippen MR) is 51.0 cm³/mol. The van der Waals surface area contributed by atoms with Crippen LogP contribution in [0.5, 0.6) is 0 Å². The van der Waals surface area contributed by atoms with Crippen LogP contribution in [0.3, 0.4) is 0 Å². The predicted octanol–water partition coefficient (Wildman–Crippen LogP) is 1.93. The van der Waals surface area contributed by atoms with Crippen LogP contribution >= 0.6 is 0 Å². The van der Waals surface area contributed by atoms with Crippen molar-refractivity contribution in [3.05, 3.63) is 0 Å². The second-order valence-electron chi connectivity index (χ2n) is 3.85. The van der Waals surface area contributed by atoms with Crippen LogP contribution in [0.15, 0.2) is 0 Å². The van der Waals surface area contributed by atoms with E-state index in [1.807, 2.05) is 0 Å². The van der Waals surface area contributed by atoms with Gasteiger partial charge in [0.1, 0.15) is 0 Å². The first-order valence-electron chi connectivity index (χ1n) is 5.09. The Balaban J connectivity index is 2.60. The van der Waals surface area contributed by atoms with Crippen LogP contribution in [0.4, 0.5) is 0 Å². The fourth-order valence-corrected chi connectivity index (χ4v) is 2.25. The van der Waals surface area contributed by atoms with Crippen molar-refractivity contribution in [3.8, 4) is 0 Å². The van der Waals surface area contributed by atoms with Gasteiger partial charge in [0, 0.05) is 13.2 Å². The first-order valence-corrected chi connectivity index (χ1v) is 5.09. The first kappa shape index (κ1) is 10.0. The lowest BCUT2D eigenvalue weighted by Crippen LogP contribution is -2.48. The maximum atomic E-state index is 5.81. The van der Waals surface area contributed by atoms with Gasteiger partial charge in [-0.05, 0) is 25.7 Å². The molecule has 0 aliphatic heterocycles. The van der Waals surface area contributed by atoms with E-state index >= 15 is 0 Å². The number of nitrogens with two attached hydrogens (primary N) is 1. The van der Waals surface area contributed by atoms with Gasteiger partial charge < -0.3 is 10.5 Å². The van der Waals surface area contributed by atoms with E-state index in [9.17, 15) is 0 Å². The van der Waals surface area contributed by atoms with Crippen molar-refractivity contribution in [2.24, 2.45) is 11.7 Å². The summed E-state index contributed by atoms with van der Waals surface area (Å²) in [4.78, 5) is 0. The molecule has 0 aromatic heterocycles. The lowest BCUT2D eigenvalue weighted by atomic mass is 9.76. The Morgan fingerprint density at radius 1 is 1.50 bits per heavy atom. The molecule has 2 N–H and O–H groups in total. The lowest BCUT2D eigenvalue weighted by Gasteiger charge is -2.41. The van der Waals surface area contributed by atoms with Crippen molar-refractivity contribution in [2.45, 2.75) is 45.1 Å². The second-order valence-corrected chi connectivity index (χ2v) is 3.85. The van der Waals surface area contributed by atoms with Gasteiger partial charge in [-0.2, -0.15) is 0 Å². The molecule has 1 aliphatic carbocycles. The molecular formula is C10H21NO. The SMILES string of the molecule is CCOC1(CN)CCCCC1C. The Hall–Kier alpha value is -0.0800. The zero-order chi connectivity index (χ0) is 9.03.